The van der Waals surface area contributed by atoms with Gasteiger partial charge in [-0.1, -0.05) is 13.8 Å². The summed E-state index contributed by atoms with van der Waals surface area (Å²) in [6, 6.07) is -0.355. The van der Waals surface area contributed by atoms with Crippen LogP contribution < -0.4 is 16.0 Å². The molecule has 0 radical (unpaired) electrons. The lowest BCUT2D eigenvalue weighted by Gasteiger charge is -2.28. The van der Waals surface area contributed by atoms with Gasteiger partial charge in [0.15, 0.2) is 0 Å². The van der Waals surface area contributed by atoms with Crippen LogP contribution in [0.15, 0.2) is 0 Å². The molecule has 0 aromatic heterocycles. The van der Waals surface area contributed by atoms with Crippen LogP contribution in [-0.2, 0) is 14.3 Å². The van der Waals surface area contributed by atoms with Crippen LogP contribution in [0.5, 0.6) is 0 Å². The number of halogens is 1. The van der Waals surface area contributed by atoms with Gasteiger partial charge in [-0.05, 0) is 25.3 Å². The van der Waals surface area contributed by atoms with Crippen molar-refractivity contribution in [2.24, 2.45) is 5.92 Å². The Bertz CT molecular complexity index is 307. The molecule has 1 heterocycles. The molecule has 2 amide bonds. The lowest BCUT2D eigenvalue weighted by atomic mass is 10.0. The Morgan fingerprint density at radius 2 is 2.10 bits per heavy atom. The van der Waals surface area contributed by atoms with Crippen molar-refractivity contribution >= 4 is 24.2 Å². The average Bonchev–Trinajstić information content (AvgIpc) is 2.37. The van der Waals surface area contributed by atoms with Gasteiger partial charge in [-0.25, -0.2) is 0 Å². The molecule has 0 aromatic carbocycles. The molecule has 0 aromatic rings. The van der Waals surface area contributed by atoms with Crippen LogP contribution in [0, 0.1) is 5.92 Å². The molecule has 0 spiro atoms. The van der Waals surface area contributed by atoms with Gasteiger partial charge < -0.3 is 20.7 Å². The first kappa shape index (κ1) is 19.1. The zero-order valence-electron chi connectivity index (χ0n) is 12.4. The van der Waals surface area contributed by atoms with Gasteiger partial charge in [0.2, 0.25) is 11.8 Å². The zero-order valence-corrected chi connectivity index (χ0v) is 13.2. The van der Waals surface area contributed by atoms with Crippen molar-refractivity contribution in [2.75, 3.05) is 26.8 Å². The van der Waals surface area contributed by atoms with Crippen LogP contribution in [0.25, 0.3) is 0 Å². The number of methoxy groups -OCH3 is 1. The summed E-state index contributed by atoms with van der Waals surface area (Å²) in [5, 5.41) is 8.95. The fourth-order valence-corrected chi connectivity index (χ4v) is 2.15. The average molecular weight is 308 g/mol. The van der Waals surface area contributed by atoms with E-state index in [4.69, 9.17) is 4.74 Å². The monoisotopic (exact) mass is 307 g/mol. The fraction of sp³-hybridized carbons (Fsp3) is 0.846. The Labute approximate surface area is 126 Å². The predicted molar refractivity (Wildman–Crippen MR) is 79.9 cm³/mol. The topological polar surface area (TPSA) is 79.5 Å². The summed E-state index contributed by atoms with van der Waals surface area (Å²) in [5.41, 5.74) is 0. The minimum Gasteiger partial charge on any atom is -0.375 e. The second kappa shape index (κ2) is 9.96. The first-order valence-electron chi connectivity index (χ1n) is 6.84. The molecule has 1 saturated heterocycles. The smallest absolute Gasteiger partial charge is 0.246 e. The minimum absolute atomic E-state index is 0. The van der Waals surface area contributed by atoms with E-state index in [1.54, 1.807) is 0 Å². The number of nitrogens with one attached hydrogen (secondary N) is 3. The van der Waals surface area contributed by atoms with Crippen molar-refractivity contribution < 1.29 is 14.3 Å². The second-order valence-electron chi connectivity index (χ2n) is 5.27. The van der Waals surface area contributed by atoms with E-state index in [0.29, 0.717) is 0 Å². The van der Waals surface area contributed by atoms with Crippen molar-refractivity contribution in [3.8, 4) is 0 Å². The maximum atomic E-state index is 12.2. The Hall–Kier alpha value is -0.850. The summed E-state index contributed by atoms with van der Waals surface area (Å²) >= 11 is 0. The largest absolute Gasteiger partial charge is 0.375 e. The van der Waals surface area contributed by atoms with Gasteiger partial charge in [-0.2, -0.15) is 0 Å². The van der Waals surface area contributed by atoms with Crippen LogP contribution in [0.1, 0.15) is 26.7 Å². The maximum absolute atomic E-state index is 12.2. The molecule has 1 rings (SSSR count). The molecule has 20 heavy (non-hydrogen) atoms. The third-order valence-electron chi connectivity index (χ3n) is 3.18. The summed E-state index contributed by atoms with van der Waals surface area (Å²) in [6.45, 7) is 5.60. The number of carbonyl (C=O) groups excluding carboxylic acids is 2. The highest BCUT2D eigenvalue weighted by atomic mass is 35.5. The minimum atomic E-state index is -0.510. The molecule has 7 heteroatoms. The van der Waals surface area contributed by atoms with Crippen LogP contribution >= 0.6 is 12.4 Å². The molecule has 6 nitrogen and oxygen atoms in total. The van der Waals surface area contributed by atoms with Crippen molar-refractivity contribution in [3.63, 3.8) is 0 Å². The summed E-state index contributed by atoms with van der Waals surface area (Å²) < 4.78 is 4.76. The van der Waals surface area contributed by atoms with Crippen molar-refractivity contribution in [2.45, 2.75) is 38.8 Å². The Balaban J connectivity index is 0.00000361. The summed E-state index contributed by atoms with van der Waals surface area (Å²) in [4.78, 5) is 23.7. The lowest BCUT2D eigenvalue weighted by Crippen LogP contribution is -2.55. The fourth-order valence-electron chi connectivity index (χ4n) is 2.15. The highest BCUT2D eigenvalue weighted by Crippen LogP contribution is 2.05. The predicted octanol–water partition coefficient (Wildman–Crippen LogP) is 0.0636. The van der Waals surface area contributed by atoms with E-state index in [9.17, 15) is 9.59 Å². The molecule has 2 atom stereocenters. The van der Waals surface area contributed by atoms with E-state index < -0.39 is 6.04 Å². The lowest BCUT2D eigenvalue weighted by molar-refractivity contribution is -0.132. The second-order valence-corrected chi connectivity index (χ2v) is 5.27. The highest BCUT2D eigenvalue weighted by Gasteiger charge is 2.26. The van der Waals surface area contributed by atoms with E-state index >= 15 is 0 Å². The normalized spacial score (nSPS) is 19.9. The van der Waals surface area contributed by atoms with Crippen molar-refractivity contribution in [1.29, 1.82) is 0 Å². The molecule has 1 aliphatic heterocycles. The Kier molecular flexibility index (Phi) is 9.54. The first-order valence-corrected chi connectivity index (χ1v) is 6.84. The van der Waals surface area contributed by atoms with Gasteiger partial charge in [0.05, 0.1) is 0 Å². The van der Waals surface area contributed by atoms with Crippen molar-refractivity contribution in [1.82, 2.24) is 16.0 Å². The van der Waals surface area contributed by atoms with Crippen LogP contribution in [0.3, 0.4) is 0 Å². The van der Waals surface area contributed by atoms with Crippen LogP contribution in [-0.4, -0.2) is 50.7 Å². The number of ether oxygens (including phenoxy) is 1. The number of piperidine rings is 1. The number of rotatable bonds is 6. The molecular formula is C13H26ClN3O3. The number of carbonyl (C=O) groups is 2. The molecule has 0 saturated carbocycles. The first-order chi connectivity index (χ1) is 9.04. The molecule has 1 unspecified atom stereocenters. The summed E-state index contributed by atoms with van der Waals surface area (Å²) in [7, 11) is 1.46. The van der Waals surface area contributed by atoms with E-state index in [-0.39, 0.29) is 42.8 Å². The quantitative estimate of drug-likeness (QED) is 0.648. The van der Waals surface area contributed by atoms with Crippen LogP contribution in [0.2, 0.25) is 0 Å². The molecule has 1 aliphatic rings. The number of hydrogen-bond acceptors (Lipinski definition) is 4. The van der Waals surface area contributed by atoms with E-state index in [0.717, 1.165) is 25.9 Å². The summed E-state index contributed by atoms with van der Waals surface area (Å²) in [6.07, 6.45) is 2.04. The zero-order chi connectivity index (χ0) is 14.3. The standard InChI is InChI=1S/C13H25N3O3.ClH/c1-9(2)12(16-11(17)8-19-3)13(18)15-10-5-4-6-14-7-10;/h9-10,12,14H,4-8H2,1-3H3,(H,15,18)(H,16,17);1H/t10?,12-;/m0./s1. The SMILES string of the molecule is COCC(=O)N[C@H](C(=O)NC1CCCNC1)C(C)C.Cl. The number of hydrogen-bond donors (Lipinski definition) is 3. The van der Waals surface area contributed by atoms with Gasteiger partial charge in [0.1, 0.15) is 12.6 Å². The van der Waals surface area contributed by atoms with Gasteiger partial charge in [0.25, 0.3) is 0 Å². The molecule has 1 fully saturated rings. The van der Waals surface area contributed by atoms with E-state index in [1.807, 2.05) is 13.8 Å². The molecular weight excluding hydrogens is 282 g/mol. The molecule has 0 aliphatic carbocycles. The van der Waals surface area contributed by atoms with Gasteiger partial charge in [-0.15, -0.1) is 12.4 Å². The van der Waals surface area contributed by atoms with Crippen molar-refractivity contribution in [3.05, 3.63) is 0 Å². The summed E-state index contributed by atoms with van der Waals surface area (Å²) in [5.74, 6) is -0.344. The van der Waals surface area contributed by atoms with Gasteiger partial charge >= 0.3 is 0 Å². The maximum Gasteiger partial charge on any atom is 0.246 e. The molecule has 118 valence electrons. The van der Waals surface area contributed by atoms with E-state index in [2.05, 4.69) is 16.0 Å². The molecule has 0 bridgehead atoms. The third-order valence-corrected chi connectivity index (χ3v) is 3.18. The van der Waals surface area contributed by atoms with Gasteiger partial charge in [0, 0.05) is 19.7 Å². The Morgan fingerprint density at radius 1 is 1.40 bits per heavy atom. The van der Waals surface area contributed by atoms with E-state index in [1.165, 1.54) is 7.11 Å². The van der Waals surface area contributed by atoms with Gasteiger partial charge in [-0.3, -0.25) is 9.59 Å². The Morgan fingerprint density at radius 3 is 2.60 bits per heavy atom. The molecule has 3 N–H and O–H groups in total. The number of amides is 2. The third kappa shape index (κ3) is 6.54. The highest BCUT2D eigenvalue weighted by molar-refractivity contribution is 5.88. The van der Waals surface area contributed by atoms with Crippen LogP contribution in [0.4, 0.5) is 0 Å².